The van der Waals surface area contributed by atoms with Crippen molar-refractivity contribution in [3.05, 3.63) is 31.9 Å². The minimum Gasteiger partial charge on any atom is -0.395 e. The van der Waals surface area contributed by atoms with E-state index in [0.29, 0.717) is 41.0 Å². The molecule has 0 radical (unpaired) electrons. The number of carbonyl (C=O) groups excluding carboxylic acids is 1. The van der Waals surface area contributed by atoms with Gasteiger partial charge in [0, 0.05) is 50.9 Å². The fourth-order valence-electron chi connectivity index (χ4n) is 5.19. The second-order valence-corrected chi connectivity index (χ2v) is 10.6. The summed E-state index contributed by atoms with van der Waals surface area (Å²) in [5, 5.41) is 19.0. The van der Waals surface area contributed by atoms with Crippen molar-refractivity contribution in [2.24, 2.45) is 0 Å². The Kier molecular flexibility index (Phi) is 7.77. The number of rotatable bonds is 6. The Morgan fingerprint density at radius 1 is 1.21 bits per heavy atom. The second kappa shape index (κ2) is 10.6. The Balaban J connectivity index is 1.79. The molecule has 0 unspecified atom stereocenters. The van der Waals surface area contributed by atoms with Crippen LogP contribution >= 0.6 is 24.0 Å². The average molecular weight is 502 g/mol. The molecule has 3 heterocycles. The molecule has 0 bridgehead atoms. The first-order chi connectivity index (χ1) is 16.4. The van der Waals surface area contributed by atoms with Gasteiger partial charge in [0.15, 0.2) is 0 Å². The van der Waals surface area contributed by atoms with E-state index in [1.54, 1.807) is 16.4 Å². The van der Waals surface area contributed by atoms with Gasteiger partial charge in [-0.1, -0.05) is 36.8 Å². The third-order valence-corrected chi connectivity index (χ3v) is 8.37. The zero-order chi connectivity index (χ0) is 24.4. The van der Waals surface area contributed by atoms with E-state index < -0.39 is 0 Å². The summed E-state index contributed by atoms with van der Waals surface area (Å²) in [5.74, 6) is 0.673. The highest BCUT2D eigenvalue weighted by Gasteiger charge is 2.38. The van der Waals surface area contributed by atoms with Crippen molar-refractivity contribution >= 4 is 46.1 Å². The van der Waals surface area contributed by atoms with Crippen LogP contribution in [0.15, 0.2) is 9.70 Å². The Morgan fingerprint density at radius 2 is 1.88 bits per heavy atom. The predicted octanol–water partition coefficient (Wildman–Crippen LogP) is 2.31. The number of carbonyl (C=O) groups is 1. The molecule has 34 heavy (non-hydrogen) atoms. The van der Waals surface area contributed by atoms with Crippen molar-refractivity contribution in [2.45, 2.75) is 52.1 Å². The summed E-state index contributed by atoms with van der Waals surface area (Å²) in [5.41, 5.74) is 1.14. The van der Waals surface area contributed by atoms with E-state index >= 15 is 0 Å². The molecule has 10 heteroatoms. The molecule has 3 fully saturated rings. The molecule has 1 aromatic heterocycles. The normalized spacial score (nSPS) is 21.2. The number of thiocarbonyl (C=S) groups is 1. The molecular formula is C24H31N5O3S2. The van der Waals surface area contributed by atoms with Gasteiger partial charge in [0.1, 0.15) is 21.8 Å². The number of aromatic nitrogens is 1. The molecule has 0 spiro atoms. The summed E-state index contributed by atoms with van der Waals surface area (Å²) < 4.78 is 2.24. The third kappa shape index (κ3) is 4.54. The van der Waals surface area contributed by atoms with Crippen LogP contribution in [0.3, 0.4) is 0 Å². The van der Waals surface area contributed by atoms with E-state index in [-0.39, 0.29) is 29.7 Å². The predicted molar refractivity (Wildman–Crippen MR) is 139 cm³/mol. The van der Waals surface area contributed by atoms with Gasteiger partial charge in [-0.25, -0.2) is 0 Å². The van der Waals surface area contributed by atoms with Crippen LogP contribution in [0, 0.1) is 18.3 Å². The maximum absolute atomic E-state index is 13.4. The van der Waals surface area contributed by atoms with Crippen molar-refractivity contribution < 1.29 is 9.90 Å². The maximum Gasteiger partial charge on any atom is 0.270 e. The summed E-state index contributed by atoms with van der Waals surface area (Å²) in [6, 6.07) is 2.25. The quantitative estimate of drug-likeness (QED) is 0.469. The molecule has 3 aliphatic rings. The van der Waals surface area contributed by atoms with Gasteiger partial charge in [-0.05, 0) is 38.3 Å². The van der Waals surface area contributed by atoms with Crippen LogP contribution in [-0.2, 0) is 11.3 Å². The van der Waals surface area contributed by atoms with E-state index in [0.717, 1.165) is 50.2 Å². The molecule has 4 rings (SSSR count). The molecule has 0 atom stereocenters. The molecule has 0 aromatic carbocycles. The van der Waals surface area contributed by atoms with E-state index in [2.05, 4.69) is 15.9 Å². The summed E-state index contributed by atoms with van der Waals surface area (Å²) >= 11 is 6.89. The van der Waals surface area contributed by atoms with E-state index in [1.165, 1.54) is 11.8 Å². The molecule has 1 amide bonds. The number of nitriles is 1. The molecule has 1 aliphatic carbocycles. The number of hydrogen-bond donors (Lipinski definition) is 1. The zero-order valence-corrected chi connectivity index (χ0v) is 21.4. The lowest BCUT2D eigenvalue weighted by atomic mass is 10.0. The highest BCUT2D eigenvalue weighted by atomic mass is 32.2. The molecular weight excluding hydrogens is 470 g/mol. The largest absolute Gasteiger partial charge is 0.395 e. The number of anilines is 1. The summed E-state index contributed by atoms with van der Waals surface area (Å²) in [7, 11) is 0. The van der Waals surface area contributed by atoms with Crippen LogP contribution < -0.4 is 10.5 Å². The molecule has 1 N–H and O–H groups in total. The number of hydrogen-bond acceptors (Lipinski definition) is 8. The van der Waals surface area contributed by atoms with Gasteiger partial charge in [-0.15, -0.1) is 0 Å². The number of aliphatic hydroxyl groups is 1. The minimum atomic E-state index is -0.300. The third-order valence-electron chi connectivity index (χ3n) is 7.04. The average Bonchev–Trinajstić information content (AvgIpc) is 3.44. The van der Waals surface area contributed by atoms with Crippen LogP contribution in [0.5, 0.6) is 0 Å². The number of aliphatic hydroxyl groups excluding tert-OH is 1. The van der Waals surface area contributed by atoms with Gasteiger partial charge in [-0.2, -0.15) is 5.26 Å². The lowest BCUT2D eigenvalue weighted by molar-refractivity contribution is -0.123. The van der Waals surface area contributed by atoms with Crippen LogP contribution in [-0.4, -0.2) is 75.1 Å². The Labute approximate surface area is 209 Å². The van der Waals surface area contributed by atoms with Crippen molar-refractivity contribution in [2.75, 3.05) is 44.2 Å². The number of β-amino-alcohol motifs (C(OH)–C–C–N with tert-alkyl or cyclic N) is 1. The molecule has 1 aromatic rings. The first-order valence-corrected chi connectivity index (χ1v) is 13.2. The number of pyridine rings is 1. The van der Waals surface area contributed by atoms with Gasteiger partial charge in [0.25, 0.3) is 11.5 Å². The van der Waals surface area contributed by atoms with Crippen LogP contribution in [0.4, 0.5) is 5.82 Å². The van der Waals surface area contributed by atoms with E-state index in [4.69, 9.17) is 12.2 Å². The lowest BCUT2D eigenvalue weighted by Crippen LogP contribution is -2.49. The first-order valence-electron chi connectivity index (χ1n) is 11.9. The smallest absolute Gasteiger partial charge is 0.270 e. The van der Waals surface area contributed by atoms with Crippen molar-refractivity contribution in [3.8, 4) is 6.07 Å². The van der Waals surface area contributed by atoms with Gasteiger partial charge >= 0.3 is 0 Å². The molecule has 8 nitrogen and oxygen atoms in total. The van der Waals surface area contributed by atoms with Crippen LogP contribution in [0.25, 0.3) is 6.08 Å². The van der Waals surface area contributed by atoms with Gasteiger partial charge in [-0.3, -0.25) is 24.0 Å². The maximum atomic E-state index is 13.4. The summed E-state index contributed by atoms with van der Waals surface area (Å²) in [6.07, 6.45) is 6.01. The molecule has 182 valence electrons. The number of nitrogens with zero attached hydrogens (tertiary/aromatic N) is 5. The van der Waals surface area contributed by atoms with Crippen LogP contribution in [0.2, 0.25) is 0 Å². The fourth-order valence-corrected chi connectivity index (χ4v) is 6.57. The highest BCUT2D eigenvalue weighted by molar-refractivity contribution is 8.26. The molecule has 1 saturated carbocycles. The topological polar surface area (TPSA) is 92.8 Å². The SMILES string of the molecule is CCn1c(N2CCN(CCO)CC2)c(C=C2SC(=S)N(C3CCCC3)C2=O)c(C)c(C#N)c1=O. The second-order valence-electron chi connectivity index (χ2n) is 8.94. The first kappa shape index (κ1) is 24.9. The Morgan fingerprint density at radius 3 is 2.47 bits per heavy atom. The number of thioether (sulfide) groups is 1. The summed E-state index contributed by atoms with van der Waals surface area (Å²) in [4.78, 5) is 33.2. The van der Waals surface area contributed by atoms with E-state index in [9.17, 15) is 20.0 Å². The fraction of sp³-hybridized carbons (Fsp3) is 0.583. The van der Waals surface area contributed by atoms with Crippen molar-refractivity contribution in [3.63, 3.8) is 0 Å². The Hall–Kier alpha value is -2.19. The van der Waals surface area contributed by atoms with E-state index in [1.807, 2.05) is 13.0 Å². The Bertz CT molecular complexity index is 1110. The standard InChI is InChI=1S/C24H31N5O3S2/c1-3-28-21(27-10-8-26(9-11-27)12-13-30)18(16(2)19(15-25)22(28)31)14-20-23(32)29(24(33)34-20)17-6-4-5-7-17/h14,17,30H,3-13H2,1-2H3. The number of piperazine rings is 1. The molecule has 2 saturated heterocycles. The van der Waals surface area contributed by atoms with Crippen molar-refractivity contribution in [1.82, 2.24) is 14.4 Å². The van der Waals surface area contributed by atoms with Gasteiger partial charge < -0.3 is 10.0 Å². The highest BCUT2D eigenvalue weighted by Crippen LogP contribution is 2.39. The lowest BCUT2D eigenvalue weighted by Gasteiger charge is -2.38. The minimum absolute atomic E-state index is 0.0761. The monoisotopic (exact) mass is 501 g/mol. The van der Waals surface area contributed by atoms with Gasteiger partial charge in [0.05, 0.1) is 11.5 Å². The number of amides is 1. The molecule has 2 aliphatic heterocycles. The van der Waals surface area contributed by atoms with Crippen LogP contribution in [0.1, 0.15) is 49.3 Å². The zero-order valence-electron chi connectivity index (χ0n) is 19.7. The summed E-state index contributed by atoms with van der Waals surface area (Å²) in [6.45, 7) is 7.75. The van der Waals surface area contributed by atoms with Gasteiger partial charge in [0.2, 0.25) is 0 Å². The van der Waals surface area contributed by atoms with Crippen molar-refractivity contribution in [1.29, 1.82) is 5.26 Å².